The maximum atomic E-state index is 11.7. The summed E-state index contributed by atoms with van der Waals surface area (Å²) in [5.41, 5.74) is 1.01. The molecule has 0 radical (unpaired) electrons. The van der Waals surface area contributed by atoms with E-state index in [1.807, 2.05) is 0 Å². The van der Waals surface area contributed by atoms with Gasteiger partial charge in [0.25, 0.3) is 0 Å². The lowest BCUT2D eigenvalue weighted by atomic mass is 10.2. The second-order valence-corrected chi connectivity index (χ2v) is 4.93. The summed E-state index contributed by atoms with van der Waals surface area (Å²) in [6.07, 6.45) is 3.48. The van der Waals surface area contributed by atoms with Gasteiger partial charge >= 0.3 is 5.97 Å². The van der Waals surface area contributed by atoms with Crippen LogP contribution in [-0.2, 0) is 9.47 Å². The number of aromatic nitrogens is 2. The first-order valence-electron chi connectivity index (χ1n) is 6.07. The van der Waals surface area contributed by atoms with Crippen LogP contribution in [0.1, 0.15) is 29.3 Å². The fourth-order valence-corrected chi connectivity index (χ4v) is 2.08. The van der Waals surface area contributed by atoms with Crippen molar-refractivity contribution in [2.75, 3.05) is 7.11 Å². The molecule has 2 heterocycles. The highest BCUT2D eigenvalue weighted by atomic mass is 79.9. The minimum atomic E-state index is -0.530. The van der Waals surface area contributed by atoms with Crippen molar-refractivity contribution >= 4 is 39.3 Å². The molecule has 0 aliphatic rings. The summed E-state index contributed by atoms with van der Waals surface area (Å²) in [5.74, 6) is -0.805. The van der Waals surface area contributed by atoms with E-state index in [0.717, 1.165) is 0 Å². The third kappa shape index (κ3) is 2.94. The van der Waals surface area contributed by atoms with Gasteiger partial charge in [-0.3, -0.25) is 15.2 Å². The lowest BCUT2D eigenvalue weighted by molar-refractivity contribution is 0.0600. The van der Waals surface area contributed by atoms with E-state index in [2.05, 4.69) is 20.9 Å². The molecule has 2 N–H and O–H groups in total. The number of nitrogens with one attached hydrogen (secondary N) is 2. The number of nitrogens with zero attached hydrogens (tertiary/aromatic N) is 2. The number of halogens is 1. The molecule has 0 saturated carbocycles. The van der Waals surface area contributed by atoms with E-state index in [0.29, 0.717) is 22.2 Å². The molecule has 0 aromatic carbocycles. The van der Waals surface area contributed by atoms with E-state index in [1.54, 1.807) is 23.7 Å². The molecule has 0 bridgehead atoms. The summed E-state index contributed by atoms with van der Waals surface area (Å²) in [7, 11) is 1.28. The number of methoxy groups -OCH3 is 1. The molecule has 0 amide bonds. The van der Waals surface area contributed by atoms with Gasteiger partial charge in [-0.1, -0.05) is 6.92 Å². The van der Waals surface area contributed by atoms with Crippen molar-refractivity contribution < 1.29 is 14.3 Å². The van der Waals surface area contributed by atoms with Crippen LogP contribution in [0, 0.1) is 10.8 Å². The van der Waals surface area contributed by atoms with E-state index in [9.17, 15) is 4.79 Å². The van der Waals surface area contributed by atoms with E-state index in [4.69, 9.17) is 20.3 Å². The summed E-state index contributed by atoms with van der Waals surface area (Å²) >= 11 is 3.31. The predicted molar refractivity (Wildman–Crippen MR) is 80.2 cm³/mol. The zero-order valence-electron chi connectivity index (χ0n) is 11.4. The first-order chi connectivity index (χ1) is 9.97. The van der Waals surface area contributed by atoms with Crippen LogP contribution in [0.25, 0.3) is 5.65 Å². The summed E-state index contributed by atoms with van der Waals surface area (Å²) in [5, 5.41) is 15.5. The van der Waals surface area contributed by atoms with Crippen LogP contribution < -0.4 is 0 Å². The molecule has 0 fully saturated rings. The molecule has 21 heavy (non-hydrogen) atoms. The summed E-state index contributed by atoms with van der Waals surface area (Å²) in [6.45, 7) is 1.75. The minimum Gasteiger partial charge on any atom is -0.465 e. The lowest BCUT2D eigenvalue weighted by Crippen LogP contribution is -2.14. The minimum absolute atomic E-state index is 0.0350. The number of ether oxygens (including phenoxy) is 2. The third-order valence-corrected chi connectivity index (χ3v) is 3.36. The molecule has 0 atom stereocenters. The Bertz CT molecular complexity index is 738. The maximum absolute atomic E-state index is 11.7. The van der Waals surface area contributed by atoms with Crippen molar-refractivity contribution in [3.8, 4) is 0 Å². The highest BCUT2D eigenvalue weighted by Crippen LogP contribution is 2.20. The van der Waals surface area contributed by atoms with Crippen LogP contribution in [0.5, 0.6) is 0 Å². The molecule has 7 nitrogen and oxygen atoms in total. The van der Waals surface area contributed by atoms with Crippen molar-refractivity contribution in [2.45, 2.75) is 13.3 Å². The number of carbonyl (C=O) groups is 1. The van der Waals surface area contributed by atoms with E-state index in [1.165, 1.54) is 13.2 Å². The van der Waals surface area contributed by atoms with Gasteiger partial charge in [0, 0.05) is 12.6 Å². The van der Waals surface area contributed by atoms with Crippen LogP contribution in [0.2, 0.25) is 0 Å². The fraction of sp³-hybridized carbons (Fsp3) is 0.231. The van der Waals surface area contributed by atoms with Crippen LogP contribution in [0.3, 0.4) is 0 Å². The van der Waals surface area contributed by atoms with Gasteiger partial charge in [-0.15, -0.1) is 0 Å². The first-order valence-corrected chi connectivity index (χ1v) is 6.86. The van der Waals surface area contributed by atoms with Gasteiger partial charge in [0.05, 0.1) is 24.4 Å². The van der Waals surface area contributed by atoms with Gasteiger partial charge in [0.2, 0.25) is 5.90 Å². The molecule has 2 aromatic rings. The van der Waals surface area contributed by atoms with Crippen molar-refractivity contribution in [2.24, 2.45) is 0 Å². The topological polar surface area (TPSA) is 101 Å². The third-order valence-electron chi connectivity index (χ3n) is 2.77. The Morgan fingerprint density at radius 3 is 2.81 bits per heavy atom. The number of rotatable bonds is 3. The van der Waals surface area contributed by atoms with E-state index >= 15 is 0 Å². The van der Waals surface area contributed by atoms with Gasteiger partial charge in [-0.2, -0.15) is 0 Å². The molecule has 0 unspecified atom stereocenters. The Hall–Kier alpha value is -2.22. The van der Waals surface area contributed by atoms with Crippen molar-refractivity contribution in [3.63, 3.8) is 0 Å². The maximum Gasteiger partial charge on any atom is 0.339 e. The summed E-state index contributed by atoms with van der Waals surface area (Å²) < 4.78 is 12.0. The van der Waals surface area contributed by atoms with Gasteiger partial charge in [0.1, 0.15) is 10.3 Å². The lowest BCUT2D eigenvalue weighted by Gasteiger charge is -2.10. The van der Waals surface area contributed by atoms with Crippen molar-refractivity contribution in [1.29, 1.82) is 10.8 Å². The Balaban J connectivity index is 2.57. The zero-order valence-corrected chi connectivity index (χ0v) is 13.0. The molecule has 110 valence electrons. The first kappa shape index (κ1) is 15.2. The molecule has 0 saturated heterocycles. The number of imidazole rings is 1. The molecule has 8 heteroatoms. The molecule has 0 aliphatic heterocycles. The number of pyridine rings is 1. The Kier molecular flexibility index (Phi) is 4.37. The highest BCUT2D eigenvalue weighted by Gasteiger charge is 2.18. The SMILES string of the molecule is CCC(=N)OC(=N)c1cc(C(=O)OC)cn2c(Br)cnc12. The van der Waals surface area contributed by atoms with Crippen LogP contribution in [-0.4, -0.2) is 34.3 Å². The number of hydrogen-bond acceptors (Lipinski definition) is 6. The average molecular weight is 353 g/mol. The fourth-order valence-electron chi connectivity index (χ4n) is 1.71. The smallest absolute Gasteiger partial charge is 0.339 e. The second kappa shape index (κ2) is 6.04. The normalized spacial score (nSPS) is 10.4. The molecule has 0 spiro atoms. The van der Waals surface area contributed by atoms with Gasteiger partial charge in [-0.05, 0) is 22.0 Å². The Morgan fingerprint density at radius 1 is 1.48 bits per heavy atom. The Morgan fingerprint density at radius 2 is 2.19 bits per heavy atom. The number of esters is 1. The van der Waals surface area contributed by atoms with E-state index < -0.39 is 5.97 Å². The molecule has 2 aromatic heterocycles. The van der Waals surface area contributed by atoms with Crippen LogP contribution >= 0.6 is 15.9 Å². The second-order valence-electron chi connectivity index (χ2n) is 4.12. The molecular weight excluding hydrogens is 340 g/mol. The van der Waals surface area contributed by atoms with Gasteiger partial charge < -0.3 is 9.47 Å². The summed E-state index contributed by atoms with van der Waals surface area (Å²) in [6, 6.07) is 1.46. The Labute approximate surface area is 129 Å². The predicted octanol–water partition coefficient (Wildman–Crippen LogP) is 2.61. The standard InChI is InChI=1S/C13H13BrN4O3/c1-3-10(15)21-11(16)8-4-7(13(19)20-2)6-18-9(14)5-17-12(8)18/h4-6,15-16H,3H2,1-2H3. The molecule has 2 rings (SSSR count). The molecule has 0 aliphatic carbocycles. The van der Waals surface area contributed by atoms with Crippen LogP contribution in [0.15, 0.2) is 23.1 Å². The number of carbonyl (C=O) groups excluding carboxylic acids is 1. The van der Waals surface area contributed by atoms with Gasteiger partial charge in [-0.25, -0.2) is 9.78 Å². The monoisotopic (exact) mass is 352 g/mol. The quantitative estimate of drug-likeness (QED) is 0.503. The molecular formula is C13H13BrN4O3. The largest absolute Gasteiger partial charge is 0.465 e. The summed E-state index contributed by atoms with van der Waals surface area (Å²) in [4.78, 5) is 15.9. The van der Waals surface area contributed by atoms with E-state index in [-0.39, 0.29) is 17.4 Å². The van der Waals surface area contributed by atoms with Crippen molar-refractivity contribution in [1.82, 2.24) is 9.38 Å². The number of fused-ring (bicyclic) bond motifs is 1. The highest BCUT2D eigenvalue weighted by molar-refractivity contribution is 9.10. The number of hydrogen-bond donors (Lipinski definition) is 2. The van der Waals surface area contributed by atoms with Gasteiger partial charge in [0.15, 0.2) is 5.90 Å². The zero-order chi connectivity index (χ0) is 15.6. The van der Waals surface area contributed by atoms with Crippen molar-refractivity contribution in [3.05, 3.63) is 34.2 Å². The van der Waals surface area contributed by atoms with Crippen LogP contribution in [0.4, 0.5) is 0 Å². The average Bonchev–Trinajstić information content (AvgIpc) is 2.86.